The molecule has 102 heavy (non-hydrogen) atoms. The van der Waals surface area contributed by atoms with Gasteiger partial charge < -0.3 is 20.3 Å². The third kappa shape index (κ3) is 33.5. The maximum absolute atomic E-state index is 13.1. The first-order valence-corrected chi connectivity index (χ1v) is 33.7. The van der Waals surface area contributed by atoms with Crippen LogP contribution < -0.4 is 11.1 Å². The summed E-state index contributed by atoms with van der Waals surface area (Å²) >= 11 is 0. The quantitative estimate of drug-likeness (QED) is 0.0403. The van der Waals surface area contributed by atoms with Crippen molar-refractivity contribution in [1.82, 2.24) is 20.5 Å². The van der Waals surface area contributed by atoms with Gasteiger partial charge in [0.15, 0.2) is 0 Å². The van der Waals surface area contributed by atoms with Crippen molar-refractivity contribution in [3.05, 3.63) is 60.3 Å². The molecule has 389 valence electrons. The number of hydrogen-bond acceptors (Lipinski definition) is 5. The van der Waals surface area contributed by atoms with Gasteiger partial charge in [-0.15, -0.1) is 0 Å². The smallest absolute Gasteiger partial charge is 0.123 e. The number of rotatable bonds is 35. The van der Waals surface area contributed by atoms with Gasteiger partial charge in [-0.1, -0.05) is 13.8 Å². The van der Waals surface area contributed by atoms with Gasteiger partial charge >= 0.3 is 0 Å². The van der Waals surface area contributed by atoms with E-state index in [9.17, 15) is 4.39 Å². The van der Waals surface area contributed by atoms with Crippen molar-refractivity contribution in [2.24, 2.45) is 5.73 Å². The molecular formula is C25H40B69FN6O+. The molecule has 0 amide bonds. The molecule has 3 aromatic rings. The van der Waals surface area contributed by atoms with E-state index in [0.717, 1.165) is 45.8 Å². The molecule has 77 heteroatoms. The van der Waals surface area contributed by atoms with Crippen molar-refractivity contribution in [1.29, 1.82) is 0 Å². The van der Waals surface area contributed by atoms with Crippen LogP contribution in [0.5, 0.6) is 0 Å². The molecule has 1 fully saturated rings. The van der Waals surface area contributed by atoms with Crippen molar-refractivity contribution >= 4 is 490 Å². The molecule has 1 saturated heterocycles. The summed E-state index contributed by atoms with van der Waals surface area (Å²) in [5.41, 5.74) is 9.22. The Labute approximate surface area is 681 Å². The highest BCUT2D eigenvalue weighted by Gasteiger charge is 2.57. The monoisotopic (exact) mass is 1220 g/mol. The van der Waals surface area contributed by atoms with Crippen LogP contribution in [-0.4, -0.2) is 564 Å². The summed E-state index contributed by atoms with van der Waals surface area (Å²) in [6, 6.07) is 10.2. The summed E-state index contributed by atoms with van der Waals surface area (Å²) in [4.78, 5) is 4.05. The summed E-state index contributed by atoms with van der Waals surface area (Å²) in [5, 5.41) is 10.6. The lowest BCUT2D eigenvalue weighted by Gasteiger charge is -2.53. The first kappa shape index (κ1) is 106. The number of nitrogens with zero attached hydrogens (tertiary/aromatic N) is 3. The van der Waals surface area contributed by atoms with Gasteiger partial charge in [-0.2, -0.15) is 5.10 Å². The number of nitrogens with one attached hydrogen (secondary N) is 2. The molecule has 1 aliphatic rings. The fraction of sp³-hybridized carbons (Fsp3) is 0.440. The van der Waals surface area contributed by atoms with Crippen LogP contribution >= 0.6 is 0 Å². The molecule has 0 unspecified atom stereocenters. The second kappa shape index (κ2) is 53.8. The minimum Gasteiger partial charge on any atom is -0.370 e. The minimum absolute atomic E-state index is 0.254. The van der Waals surface area contributed by atoms with Gasteiger partial charge in [-0.25, -0.2) is 4.39 Å². The Balaban J connectivity index is 0. The van der Waals surface area contributed by atoms with Crippen LogP contribution in [0.1, 0.15) is 19.5 Å². The Bertz CT molecular complexity index is 2470. The van der Waals surface area contributed by atoms with Crippen LogP contribution in [0.3, 0.4) is 0 Å². The number of aromatic amines is 1. The normalized spacial score (nSPS) is 10.9. The fourth-order valence-corrected chi connectivity index (χ4v) is 13.9. The van der Waals surface area contributed by atoms with Crippen LogP contribution in [0, 0.1) is 5.82 Å². The molecule has 2 aromatic heterocycles. The van der Waals surface area contributed by atoms with E-state index >= 15 is 0 Å². The highest BCUT2D eigenvalue weighted by Crippen LogP contribution is 2.33. The molecule has 1 aromatic carbocycles. The number of ether oxygens (including phenoxy) is 1. The average molecular weight is 1210 g/mol. The average Bonchev–Trinajstić information content (AvgIpc) is 0.969. The van der Waals surface area contributed by atoms with Gasteiger partial charge in [0.05, 0.1) is 33.0 Å². The first-order chi connectivity index (χ1) is 47.3. The molecule has 3 heterocycles. The van der Waals surface area contributed by atoms with E-state index in [1.807, 2.05) is 33.0 Å². The number of quaternary nitrogens is 1. The molecule has 4 rings (SSSR count). The number of likely N-dealkylation sites (N-methyl/N-ethyl adjacent to an activating group) is 1. The SMILES string of the molecule is CC.CN.CNCc1[nH]nc(-c2ccc(F)cc2)c1-c1ccncc1.C[N+]1(C)CCOCC1.[B]B([B])B([B])B(B(B([B])[B])B([B])[B])B(B(B([B])[B])B([B])[B])B(B(B([B])[B])B([B])[B])B(B([B])[B])B([B])[B].[B][B]B(B([B])[B])B(B([B])[B])B(B(B([B])[B])B([B])[B])B(B(B([B])[B])B([B])[B])B(B([B])[B])B([B])[B]. The first-order valence-electron chi connectivity index (χ1n) is 33.7. The lowest BCUT2D eigenvalue weighted by atomic mass is 8.29. The van der Waals surface area contributed by atoms with E-state index < -0.39 is 204 Å². The number of aromatic nitrogens is 3. The van der Waals surface area contributed by atoms with E-state index in [-0.39, 0.29) is 5.82 Å². The number of halogens is 1. The van der Waals surface area contributed by atoms with Crippen LogP contribution in [0.4, 0.5) is 4.39 Å². The molecule has 0 saturated carbocycles. The van der Waals surface area contributed by atoms with Gasteiger partial charge in [0, 0.05) is 520 Å². The molecule has 0 atom stereocenters. The highest BCUT2D eigenvalue weighted by atomic mass is 19.1. The summed E-state index contributed by atoms with van der Waals surface area (Å²) in [6.07, 6.45) is -29.6. The van der Waals surface area contributed by atoms with Crippen molar-refractivity contribution in [2.75, 3.05) is 54.5 Å². The van der Waals surface area contributed by atoms with Gasteiger partial charge in [0.2, 0.25) is 0 Å². The molecule has 0 spiro atoms. The van der Waals surface area contributed by atoms with Gasteiger partial charge in [-0.3, -0.25) is 10.1 Å². The molecule has 7 nitrogen and oxygen atoms in total. The van der Waals surface area contributed by atoms with Crippen LogP contribution in [0.2, 0.25) is 0 Å². The number of nitrogens with two attached hydrogens (primary N) is 1. The Kier molecular flexibility index (Phi) is 55.8. The van der Waals surface area contributed by atoms with Crippen molar-refractivity contribution in [3.63, 3.8) is 0 Å². The number of morpholine rings is 1. The van der Waals surface area contributed by atoms with Crippen LogP contribution in [-0.2, 0) is 11.3 Å². The van der Waals surface area contributed by atoms with Crippen molar-refractivity contribution in [2.45, 2.75) is 20.4 Å². The maximum atomic E-state index is 13.1. The Morgan fingerprint density at radius 2 is 0.706 bits per heavy atom. The molecule has 0 bridgehead atoms. The number of pyridine rings is 1. The summed E-state index contributed by atoms with van der Waals surface area (Å²) < 4.78 is 19.4. The Hall–Kier alpha value is 1.83. The lowest BCUT2D eigenvalue weighted by Crippen LogP contribution is -2.91. The predicted molar refractivity (Wildman–Crippen MR) is 531 cm³/mol. The minimum atomic E-state index is -1.17. The zero-order valence-electron chi connectivity index (χ0n) is 60.7. The summed E-state index contributed by atoms with van der Waals surface area (Å²) in [5.74, 6) is -0.254. The number of benzene rings is 1. The summed E-state index contributed by atoms with van der Waals surface area (Å²) in [7, 11) is 230. The molecule has 1 aliphatic heterocycles. The predicted octanol–water partition coefficient (Wildman–Crippen LogP) is -22.6. The maximum Gasteiger partial charge on any atom is 0.123 e. The molecular weight excluding hydrogens is 1170 g/mol. The van der Waals surface area contributed by atoms with E-state index in [1.54, 1.807) is 24.5 Å². The van der Waals surface area contributed by atoms with Crippen molar-refractivity contribution in [3.8, 4) is 22.4 Å². The van der Waals surface area contributed by atoms with E-state index in [2.05, 4.69) is 40.3 Å². The van der Waals surface area contributed by atoms with E-state index in [0.29, 0.717) is 6.54 Å². The van der Waals surface area contributed by atoms with Gasteiger partial charge in [0.25, 0.3) is 0 Å². The van der Waals surface area contributed by atoms with Gasteiger partial charge in [0.1, 0.15) is 24.6 Å². The third-order valence-electron chi connectivity index (χ3n) is 18.5. The lowest BCUT2D eigenvalue weighted by molar-refractivity contribution is -0.898. The largest absolute Gasteiger partial charge is 0.370 e. The van der Waals surface area contributed by atoms with E-state index in [1.165, 1.54) is 39.3 Å². The Morgan fingerprint density at radius 1 is 0.422 bits per heavy atom. The zero-order chi connectivity index (χ0) is 79.9. The van der Waals surface area contributed by atoms with Gasteiger partial charge in [-0.05, 0) is 56.1 Å². The van der Waals surface area contributed by atoms with E-state index in [4.69, 9.17) is 283 Å². The molecule has 4 N–H and O–H groups in total. The molecule has 0 aliphatic carbocycles. The second-order valence-electron chi connectivity index (χ2n) is 26.4. The zero-order valence-corrected chi connectivity index (χ0v) is 60.7. The molecule has 73 radical (unpaired) electrons. The van der Waals surface area contributed by atoms with Crippen LogP contribution in [0.15, 0.2) is 48.8 Å². The number of hydrogen-bond donors (Lipinski definition) is 3. The summed E-state index contributed by atoms with van der Waals surface area (Å²) in [6.45, 7) is 8.88. The highest BCUT2D eigenvalue weighted by molar-refractivity contribution is 8.32. The fourth-order valence-electron chi connectivity index (χ4n) is 13.9. The van der Waals surface area contributed by atoms with Crippen molar-refractivity contribution < 1.29 is 13.6 Å². The standard InChI is InChI=1S/C16H15FN4.C6H14NO.C2H6.CH5N.B36.B33/c1-18-10-14-15(11-6-8-19-9-7-11)16(21-20-14)12-2-4-13(17)5-3-12;1-7(2)3-5-8-6-4-7;2*1-2;1-20(2)29(19)34(30(21(3)4)22(5)6)36(33(27(15)16)28(17)18)35(31(23(7)8)24(9)10)32(25(11)12)26(13)14;1-18-27(19(2)3)31(26(16)17)33(30(24(12)13)25(14)15)32(28(20(4)5)21(6)7)29(22(8)9)23(10)11/h2-9,18H,10H2,1H3,(H,20,21);3-6H2,1-2H3;1-2H3;2H2,1H3;;/q;+1;;;;. The number of H-pyrrole nitrogens is 1. The second-order valence-corrected chi connectivity index (χ2v) is 26.4. The third-order valence-corrected chi connectivity index (χ3v) is 18.5. The topological polar surface area (TPSA) is 88.8 Å². The Morgan fingerprint density at radius 3 is 0.951 bits per heavy atom. The van der Waals surface area contributed by atoms with Crippen LogP contribution in [0.25, 0.3) is 22.4 Å².